The number of hydrogen-bond acceptors (Lipinski definition) is 5. The summed E-state index contributed by atoms with van der Waals surface area (Å²) in [5.74, 6) is 0.623. The van der Waals surface area contributed by atoms with E-state index in [1.165, 1.54) is 12.8 Å². The van der Waals surface area contributed by atoms with E-state index in [4.69, 9.17) is 14.3 Å². The molecule has 1 aromatic heterocycles. The first-order chi connectivity index (χ1) is 9.52. The van der Waals surface area contributed by atoms with Gasteiger partial charge in [-0.05, 0) is 25.2 Å². The lowest BCUT2D eigenvalue weighted by atomic mass is 9.78. The highest BCUT2D eigenvalue weighted by molar-refractivity contribution is 5.67. The molecule has 2 rings (SSSR count). The number of carboxylic acid groups (broad SMARTS) is 1. The Hall–Kier alpha value is -1.43. The predicted octanol–water partition coefficient (Wildman–Crippen LogP) is 2.53. The Kier molecular flexibility index (Phi) is 4.75. The van der Waals surface area contributed by atoms with Crippen LogP contribution in [0.2, 0.25) is 0 Å². The van der Waals surface area contributed by atoms with Crippen LogP contribution in [0, 0.1) is 5.92 Å². The maximum Gasteiger partial charge on any atom is 0.329 e. The van der Waals surface area contributed by atoms with Gasteiger partial charge in [-0.25, -0.2) is 4.79 Å². The fourth-order valence-electron chi connectivity index (χ4n) is 3.09. The van der Waals surface area contributed by atoms with Crippen molar-refractivity contribution in [3.63, 3.8) is 0 Å². The second-order valence-electron chi connectivity index (χ2n) is 5.97. The van der Waals surface area contributed by atoms with E-state index < -0.39 is 5.97 Å². The smallest absolute Gasteiger partial charge is 0.329 e. The monoisotopic (exact) mass is 282 g/mol. The zero-order valence-electron chi connectivity index (χ0n) is 12.1. The first-order valence-corrected chi connectivity index (χ1v) is 7.14. The lowest BCUT2D eigenvalue weighted by Crippen LogP contribution is -2.24. The molecule has 0 aromatic carbocycles. The van der Waals surface area contributed by atoms with Gasteiger partial charge in [0.1, 0.15) is 13.2 Å². The van der Waals surface area contributed by atoms with Gasteiger partial charge < -0.3 is 14.3 Å². The van der Waals surface area contributed by atoms with Crippen LogP contribution in [0.1, 0.15) is 57.7 Å². The van der Waals surface area contributed by atoms with E-state index in [0.717, 1.165) is 19.3 Å². The van der Waals surface area contributed by atoms with E-state index in [1.807, 2.05) is 0 Å². The fraction of sp³-hybridized carbons (Fsp3) is 0.786. The molecular formula is C14H22N2O4. The van der Waals surface area contributed by atoms with Crippen molar-refractivity contribution in [3.8, 4) is 0 Å². The second-order valence-corrected chi connectivity index (χ2v) is 5.97. The van der Waals surface area contributed by atoms with Crippen molar-refractivity contribution in [1.29, 1.82) is 0 Å². The lowest BCUT2D eigenvalue weighted by molar-refractivity contribution is -0.142. The SMILES string of the molecule is CC(C)CC1(c2nnc(COCC(=O)O)o2)CCCC1. The summed E-state index contributed by atoms with van der Waals surface area (Å²) in [7, 11) is 0. The minimum Gasteiger partial charge on any atom is -0.480 e. The first kappa shape index (κ1) is 15.0. The first-order valence-electron chi connectivity index (χ1n) is 7.14. The van der Waals surface area contributed by atoms with Gasteiger partial charge in [-0.3, -0.25) is 0 Å². The van der Waals surface area contributed by atoms with Crippen molar-refractivity contribution in [2.45, 2.75) is 58.0 Å². The number of ether oxygens (including phenoxy) is 1. The molecule has 0 aliphatic heterocycles. The van der Waals surface area contributed by atoms with Crippen molar-refractivity contribution >= 4 is 5.97 Å². The van der Waals surface area contributed by atoms with Gasteiger partial charge in [0.15, 0.2) is 0 Å². The number of aromatic nitrogens is 2. The van der Waals surface area contributed by atoms with Gasteiger partial charge in [-0.1, -0.05) is 26.7 Å². The molecule has 0 saturated heterocycles. The van der Waals surface area contributed by atoms with Crippen LogP contribution in [0.3, 0.4) is 0 Å². The molecule has 6 nitrogen and oxygen atoms in total. The number of nitrogens with zero attached hydrogens (tertiary/aromatic N) is 2. The quantitative estimate of drug-likeness (QED) is 0.827. The van der Waals surface area contributed by atoms with Gasteiger partial charge in [-0.2, -0.15) is 0 Å². The molecule has 1 saturated carbocycles. The topological polar surface area (TPSA) is 85.5 Å². The van der Waals surface area contributed by atoms with E-state index in [2.05, 4.69) is 24.0 Å². The lowest BCUT2D eigenvalue weighted by Gasteiger charge is -2.26. The molecular weight excluding hydrogens is 260 g/mol. The molecule has 1 N–H and O–H groups in total. The molecule has 0 atom stereocenters. The Balaban J connectivity index is 2.03. The third-order valence-electron chi connectivity index (χ3n) is 3.73. The van der Waals surface area contributed by atoms with Crippen molar-refractivity contribution < 1.29 is 19.1 Å². The molecule has 20 heavy (non-hydrogen) atoms. The molecule has 1 heterocycles. The largest absolute Gasteiger partial charge is 0.480 e. The molecule has 1 aliphatic carbocycles. The number of carbonyl (C=O) groups is 1. The van der Waals surface area contributed by atoms with Crippen LogP contribution in [0.25, 0.3) is 0 Å². The number of rotatable bonds is 7. The van der Waals surface area contributed by atoms with Gasteiger partial charge in [0.05, 0.1) is 0 Å². The summed E-state index contributed by atoms with van der Waals surface area (Å²) in [5.41, 5.74) is 0.00617. The summed E-state index contributed by atoms with van der Waals surface area (Å²) in [6.45, 7) is 4.10. The summed E-state index contributed by atoms with van der Waals surface area (Å²) < 4.78 is 10.7. The van der Waals surface area contributed by atoms with E-state index in [-0.39, 0.29) is 18.6 Å². The van der Waals surface area contributed by atoms with Crippen molar-refractivity contribution in [1.82, 2.24) is 10.2 Å². The third-order valence-corrected chi connectivity index (χ3v) is 3.73. The minimum atomic E-state index is -1.00. The van der Waals surface area contributed by atoms with Crippen molar-refractivity contribution in [2.75, 3.05) is 6.61 Å². The van der Waals surface area contributed by atoms with Crippen LogP contribution in [0.15, 0.2) is 4.42 Å². The Morgan fingerprint density at radius 3 is 2.70 bits per heavy atom. The van der Waals surface area contributed by atoms with E-state index in [1.54, 1.807) is 0 Å². The van der Waals surface area contributed by atoms with E-state index in [9.17, 15) is 4.79 Å². The van der Waals surface area contributed by atoms with Crippen molar-refractivity contribution in [2.24, 2.45) is 5.92 Å². The summed E-state index contributed by atoms with van der Waals surface area (Å²) in [6.07, 6.45) is 5.61. The molecule has 0 radical (unpaired) electrons. The van der Waals surface area contributed by atoms with E-state index in [0.29, 0.717) is 17.7 Å². The average Bonchev–Trinajstić information content (AvgIpc) is 2.97. The molecule has 0 unspecified atom stereocenters. The van der Waals surface area contributed by atoms with Crippen LogP contribution in [-0.4, -0.2) is 27.9 Å². The zero-order valence-corrected chi connectivity index (χ0v) is 12.1. The molecule has 1 fully saturated rings. The zero-order chi connectivity index (χ0) is 14.6. The van der Waals surface area contributed by atoms with Gasteiger partial charge in [0, 0.05) is 5.41 Å². The highest BCUT2D eigenvalue weighted by Gasteiger charge is 2.40. The Labute approximate surface area is 118 Å². The predicted molar refractivity (Wildman–Crippen MR) is 71.2 cm³/mol. The highest BCUT2D eigenvalue weighted by atomic mass is 16.5. The summed E-state index contributed by atoms with van der Waals surface area (Å²) in [4.78, 5) is 10.4. The van der Waals surface area contributed by atoms with Gasteiger partial charge in [-0.15, -0.1) is 10.2 Å². The molecule has 0 spiro atoms. The Morgan fingerprint density at radius 1 is 1.40 bits per heavy atom. The normalized spacial score (nSPS) is 17.8. The number of aliphatic carboxylic acids is 1. The highest BCUT2D eigenvalue weighted by Crippen LogP contribution is 2.44. The van der Waals surface area contributed by atoms with Gasteiger partial charge in [0.2, 0.25) is 11.8 Å². The van der Waals surface area contributed by atoms with Crippen LogP contribution in [0.5, 0.6) is 0 Å². The summed E-state index contributed by atoms with van der Waals surface area (Å²) in [6, 6.07) is 0. The molecule has 1 aromatic rings. The van der Waals surface area contributed by atoms with Gasteiger partial charge >= 0.3 is 5.97 Å². The standard InChI is InChI=1S/C14H22N2O4/c1-10(2)7-14(5-3-4-6-14)13-16-15-11(20-13)8-19-9-12(17)18/h10H,3-9H2,1-2H3,(H,17,18). The van der Waals surface area contributed by atoms with Gasteiger partial charge in [0.25, 0.3) is 0 Å². The fourth-order valence-corrected chi connectivity index (χ4v) is 3.09. The molecule has 6 heteroatoms. The number of carboxylic acids is 1. The van der Waals surface area contributed by atoms with Crippen molar-refractivity contribution in [3.05, 3.63) is 11.8 Å². The molecule has 0 amide bonds. The molecule has 112 valence electrons. The van der Waals surface area contributed by atoms with E-state index >= 15 is 0 Å². The number of hydrogen-bond donors (Lipinski definition) is 1. The van der Waals surface area contributed by atoms with Crippen LogP contribution in [-0.2, 0) is 21.6 Å². The second kappa shape index (κ2) is 6.35. The summed E-state index contributed by atoms with van der Waals surface area (Å²) in [5, 5.41) is 16.7. The van der Waals surface area contributed by atoms with Crippen LogP contribution in [0.4, 0.5) is 0 Å². The summed E-state index contributed by atoms with van der Waals surface area (Å²) >= 11 is 0. The Morgan fingerprint density at radius 2 is 2.10 bits per heavy atom. The average molecular weight is 282 g/mol. The molecule has 1 aliphatic rings. The Bertz CT molecular complexity index is 450. The molecule has 0 bridgehead atoms. The maximum atomic E-state index is 10.4. The third kappa shape index (κ3) is 3.56. The van der Waals surface area contributed by atoms with Crippen LogP contribution >= 0.6 is 0 Å². The minimum absolute atomic E-state index is 0.00617. The van der Waals surface area contributed by atoms with Crippen LogP contribution < -0.4 is 0 Å². The maximum absolute atomic E-state index is 10.4.